The van der Waals surface area contributed by atoms with Gasteiger partial charge in [-0.1, -0.05) is 121 Å². The van der Waals surface area contributed by atoms with Crippen molar-refractivity contribution in [1.82, 2.24) is 19.5 Å². The van der Waals surface area contributed by atoms with Crippen LogP contribution in [0.4, 0.5) is 0 Å². The molecule has 0 amide bonds. The molecule has 44 heavy (non-hydrogen) atoms. The first kappa shape index (κ1) is 26.3. The van der Waals surface area contributed by atoms with Gasteiger partial charge in [0.05, 0.1) is 11.0 Å². The maximum absolute atomic E-state index is 4.94. The topological polar surface area (TPSA) is 43.6 Å². The highest BCUT2D eigenvalue weighted by atomic mass is 27.0. The van der Waals surface area contributed by atoms with Crippen molar-refractivity contribution in [3.63, 3.8) is 0 Å². The van der Waals surface area contributed by atoms with Gasteiger partial charge in [0.2, 0.25) is 0 Å². The second kappa shape index (κ2) is 11.1. The van der Waals surface area contributed by atoms with Crippen LogP contribution in [0.1, 0.15) is 0 Å². The Morgan fingerprint density at radius 1 is 0.386 bits per heavy atom. The van der Waals surface area contributed by atoms with Gasteiger partial charge < -0.3 is 4.57 Å². The second-order valence-corrected chi connectivity index (χ2v) is 11.4. The molecule has 4 nitrogen and oxygen atoms in total. The number of hydrogen-bond donors (Lipinski definition) is 0. The molecule has 0 unspecified atom stereocenters. The van der Waals surface area contributed by atoms with Gasteiger partial charge in [-0.25, -0.2) is 15.0 Å². The molecule has 2 heterocycles. The monoisotopic (exact) mass is 576 g/mol. The normalized spacial score (nSPS) is 11.3. The standard InChI is InChI=1S/C39H25N4.Al/c1-4-13-27(14-5-1)37-40-38(28-15-6-2-7-16-28)42-39(41-37)31-18-12-17-29(25-31)30-23-24-36-34(26-30)33-21-10-11-22-35(33)43(36)32-19-8-3-9-20-32;/h1-19,21-26H;. The summed E-state index contributed by atoms with van der Waals surface area (Å²) in [7, 11) is 0. The average Bonchev–Trinajstić information content (AvgIpc) is 3.42. The van der Waals surface area contributed by atoms with Gasteiger partial charge in [0, 0.05) is 33.2 Å². The van der Waals surface area contributed by atoms with Gasteiger partial charge >= 0.3 is 0 Å². The first-order chi connectivity index (χ1) is 21.7. The Kier molecular flexibility index (Phi) is 6.61. The number of aromatic nitrogens is 4. The summed E-state index contributed by atoms with van der Waals surface area (Å²) < 4.78 is 3.52. The van der Waals surface area contributed by atoms with E-state index in [-0.39, 0.29) is 0 Å². The number of hydrogen-bond acceptors (Lipinski definition) is 3. The third kappa shape index (κ3) is 4.69. The summed E-state index contributed by atoms with van der Waals surface area (Å²) in [5, 5.41) is 2.45. The van der Waals surface area contributed by atoms with E-state index in [2.05, 4.69) is 112 Å². The summed E-state index contributed by atoms with van der Waals surface area (Å²) in [5.41, 5.74) is 8.64. The van der Waals surface area contributed by atoms with Crippen LogP contribution in [0, 0.1) is 0 Å². The SMILES string of the molecule is [Al][c]1ccccc1-n1c2ccccc2c2cc(-c3cccc(-c4nc(-c5ccccc5)nc(-c5ccccc5)n4)c3)ccc21. The maximum Gasteiger partial charge on any atom is 0.179 e. The second-order valence-electron chi connectivity index (χ2n) is 10.8. The van der Waals surface area contributed by atoms with Gasteiger partial charge in [-0.05, 0) is 41.5 Å². The van der Waals surface area contributed by atoms with Crippen LogP contribution in [0.5, 0.6) is 0 Å². The van der Waals surface area contributed by atoms with Crippen molar-refractivity contribution in [2.24, 2.45) is 0 Å². The zero-order valence-corrected chi connectivity index (χ0v) is 25.0. The fourth-order valence-corrected chi connectivity index (χ4v) is 6.22. The summed E-state index contributed by atoms with van der Waals surface area (Å²) >= 11 is 2.88. The summed E-state index contributed by atoms with van der Waals surface area (Å²) in [6, 6.07) is 52.5. The zero-order valence-electron chi connectivity index (χ0n) is 23.8. The van der Waals surface area contributed by atoms with E-state index in [1.165, 1.54) is 21.8 Å². The van der Waals surface area contributed by atoms with Crippen LogP contribution in [0.25, 0.3) is 72.8 Å². The van der Waals surface area contributed by atoms with Gasteiger partial charge in [-0.2, -0.15) is 0 Å². The maximum atomic E-state index is 4.94. The van der Waals surface area contributed by atoms with E-state index < -0.39 is 0 Å². The Labute approximate surface area is 263 Å². The van der Waals surface area contributed by atoms with E-state index in [1.54, 1.807) is 0 Å². The zero-order chi connectivity index (χ0) is 29.5. The molecule has 5 heteroatoms. The largest absolute Gasteiger partial charge is 0.311 e. The minimum atomic E-state index is 0.647. The number of nitrogens with zero attached hydrogens (tertiary/aromatic N) is 4. The van der Waals surface area contributed by atoms with Crippen molar-refractivity contribution in [3.8, 4) is 51.0 Å². The highest BCUT2D eigenvalue weighted by molar-refractivity contribution is 6.35. The molecular formula is C39H25AlN4. The molecule has 2 aromatic heterocycles. The molecule has 8 aromatic rings. The van der Waals surface area contributed by atoms with Crippen LogP contribution in [0.2, 0.25) is 0 Å². The van der Waals surface area contributed by atoms with Gasteiger partial charge in [-0.3, -0.25) is 0 Å². The molecule has 0 aliphatic rings. The fourth-order valence-electron chi connectivity index (χ4n) is 5.88. The van der Waals surface area contributed by atoms with Crippen molar-refractivity contribution >= 4 is 42.5 Å². The first-order valence-electron chi connectivity index (χ1n) is 14.6. The lowest BCUT2D eigenvalue weighted by Gasteiger charge is -2.12. The van der Waals surface area contributed by atoms with E-state index in [0.717, 1.165) is 37.9 Å². The minimum Gasteiger partial charge on any atom is -0.311 e. The smallest absolute Gasteiger partial charge is 0.179 e. The average molecular weight is 577 g/mol. The highest BCUT2D eigenvalue weighted by Gasteiger charge is 2.15. The van der Waals surface area contributed by atoms with Crippen LogP contribution in [0.15, 0.2) is 152 Å². The van der Waals surface area contributed by atoms with Gasteiger partial charge in [-0.15, -0.1) is 4.43 Å². The molecule has 6 aromatic carbocycles. The van der Waals surface area contributed by atoms with Crippen LogP contribution >= 0.6 is 0 Å². The molecule has 0 fully saturated rings. The third-order valence-corrected chi connectivity index (χ3v) is 8.49. The predicted octanol–water partition coefficient (Wildman–Crippen LogP) is 8.43. The minimum absolute atomic E-state index is 0.647. The molecule has 0 atom stereocenters. The van der Waals surface area contributed by atoms with Gasteiger partial charge in [0.25, 0.3) is 0 Å². The lowest BCUT2D eigenvalue weighted by atomic mass is 10.0. The van der Waals surface area contributed by atoms with E-state index in [9.17, 15) is 0 Å². The van der Waals surface area contributed by atoms with Crippen molar-refractivity contribution < 1.29 is 0 Å². The quantitative estimate of drug-likeness (QED) is 0.193. The van der Waals surface area contributed by atoms with Crippen LogP contribution in [-0.4, -0.2) is 35.8 Å². The Bertz CT molecular complexity index is 2230. The Morgan fingerprint density at radius 3 is 1.61 bits per heavy atom. The molecule has 8 rings (SSSR count). The van der Waals surface area contributed by atoms with Crippen LogP contribution in [0.3, 0.4) is 0 Å². The van der Waals surface area contributed by atoms with Gasteiger partial charge in [0.15, 0.2) is 33.8 Å². The number of fused-ring (bicyclic) bond motifs is 3. The van der Waals surface area contributed by atoms with Crippen LogP contribution in [-0.2, 0) is 0 Å². The summed E-state index contributed by atoms with van der Waals surface area (Å²) in [4.78, 5) is 14.7. The number of rotatable bonds is 5. The Morgan fingerprint density at radius 2 is 0.909 bits per heavy atom. The van der Waals surface area contributed by atoms with E-state index in [1.807, 2.05) is 60.7 Å². The molecule has 0 aliphatic heterocycles. The summed E-state index contributed by atoms with van der Waals surface area (Å²) in [6.07, 6.45) is 0. The van der Waals surface area contributed by atoms with Crippen molar-refractivity contribution in [3.05, 3.63) is 152 Å². The Hall–Kier alpha value is -5.34. The van der Waals surface area contributed by atoms with Gasteiger partial charge in [0.1, 0.15) is 0 Å². The molecule has 0 bridgehead atoms. The van der Waals surface area contributed by atoms with Crippen LogP contribution < -0.4 is 4.43 Å². The predicted molar refractivity (Wildman–Crippen MR) is 181 cm³/mol. The number of para-hydroxylation sites is 2. The van der Waals surface area contributed by atoms with E-state index in [0.29, 0.717) is 17.5 Å². The molecule has 2 radical (unpaired) electrons. The first-order valence-corrected chi connectivity index (χ1v) is 15.2. The van der Waals surface area contributed by atoms with E-state index >= 15 is 0 Å². The molecule has 0 spiro atoms. The lowest BCUT2D eigenvalue weighted by Crippen LogP contribution is -2.11. The molecule has 0 saturated carbocycles. The van der Waals surface area contributed by atoms with Crippen molar-refractivity contribution in [2.75, 3.05) is 0 Å². The molecular weight excluding hydrogens is 551 g/mol. The van der Waals surface area contributed by atoms with E-state index in [4.69, 9.17) is 15.0 Å². The van der Waals surface area contributed by atoms with Crippen molar-refractivity contribution in [1.29, 1.82) is 0 Å². The van der Waals surface area contributed by atoms with Crippen molar-refractivity contribution in [2.45, 2.75) is 0 Å². The third-order valence-electron chi connectivity index (χ3n) is 8.00. The molecule has 0 aliphatic carbocycles. The molecule has 204 valence electrons. The molecule has 0 saturated heterocycles. The highest BCUT2D eigenvalue weighted by Crippen LogP contribution is 2.35. The molecule has 0 N–H and O–H groups in total. The summed E-state index contributed by atoms with van der Waals surface area (Å²) in [6.45, 7) is 0. The fraction of sp³-hybridized carbons (Fsp3) is 0. The lowest BCUT2D eigenvalue weighted by molar-refractivity contribution is 1.07. The Balaban J connectivity index is 1.27. The number of benzene rings is 6. The summed E-state index contributed by atoms with van der Waals surface area (Å²) in [5.74, 6) is 1.96.